The monoisotopic (exact) mass is 385 g/mol. The summed E-state index contributed by atoms with van der Waals surface area (Å²) in [7, 11) is 0. The van der Waals surface area contributed by atoms with Crippen LogP contribution >= 0.6 is 0 Å². The first-order chi connectivity index (χ1) is 14.0. The van der Waals surface area contributed by atoms with Crippen molar-refractivity contribution in [3.05, 3.63) is 95.6 Å². The van der Waals surface area contributed by atoms with Crippen LogP contribution in [-0.4, -0.2) is 11.7 Å². The van der Waals surface area contributed by atoms with Gasteiger partial charge in [-0.15, -0.1) is 0 Å². The molecule has 0 heterocycles. The van der Waals surface area contributed by atoms with E-state index in [0.717, 1.165) is 16.8 Å². The number of anilines is 3. The van der Waals surface area contributed by atoms with Crippen LogP contribution in [0, 0.1) is 5.41 Å². The first-order valence-electron chi connectivity index (χ1n) is 9.12. The number of para-hydroxylation sites is 2. The van der Waals surface area contributed by atoms with E-state index in [9.17, 15) is 4.79 Å². The molecule has 0 fully saturated rings. The van der Waals surface area contributed by atoms with Gasteiger partial charge in [0, 0.05) is 23.9 Å². The van der Waals surface area contributed by atoms with Crippen molar-refractivity contribution in [3.63, 3.8) is 0 Å². The number of amides is 1. The number of carbonyl (C=O) groups is 1. The summed E-state index contributed by atoms with van der Waals surface area (Å²) < 4.78 is 0. The zero-order valence-electron chi connectivity index (χ0n) is 15.9. The third-order valence-corrected chi connectivity index (χ3v) is 4.30. The lowest BCUT2D eigenvalue weighted by Crippen LogP contribution is -2.11. The van der Waals surface area contributed by atoms with Gasteiger partial charge in [-0.05, 0) is 41.5 Å². The van der Waals surface area contributed by atoms with Crippen molar-refractivity contribution in [1.82, 2.24) is 0 Å². The van der Waals surface area contributed by atoms with Crippen molar-refractivity contribution in [2.45, 2.75) is 6.54 Å². The molecule has 1 amide bonds. The summed E-state index contributed by atoms with van der Waals surface area (Å²) in [6.07, 6.45) is 3.23. The molecule has 0 aliphatic carbocycles. The van der Waals surface area contributed by atoms with Gasteiger partial charge in [0.1, 0.15) is 5.84 Å². The zero-order valence-corrected chi connectivity index (χ0v) is 15.9. The van der Waals surface area contributed by atoms with Gasteiger partial charge in [-0.2, -0.15) is 0 Å². The van der Waals surface area contributed by atoms with Crippen molar-refractivity contribution >= 4 is 34.9 Å². The summed E-state index contributed by atoms with van der Waals surface area (Å²) >= 11 is 0. The van der Waals surface area contributed by atoms with Crippen molar-refractivity contribution in [2.75, 3.05) is 16.4 Å². The first kappa shape index (κ1) is 19.7. The molecule has 3 aromatic carbocycles. The molecule has 0 aliphatic rings. The normalized spacial score (nSPS) is 10.6. The van der Waals surface area contributed by atoms with Crippen LogP contribution in [-0.2, 0) is 11.3 Å². The lowest BCUT2D eigenvalue weighted by Gasteiger charge is -2.08. The third-order valence-electron chi connectivity index (χ3n) is 4.30. The highest BCUT2D eigenvalue weighted by atomic mass is 16.1. The number of amidine groups is 1. The first-order valence-corrected chi connectivity index (χ1v) is 9.12. The second-order valence-electron chi connectivity index (χ2n) is 6.50. The van der Waals surface area contributed by atoms with Gasteiger partial charge >= 0.3 is 0 Å². The molecule has 0 aromatic heterocycles. The van der Waals surface area contributed by atoms with Crippen LogP contribution in [0.25, 0.3) is 6.08 Å². The number of nitrogen functional groups attached to an aromatic ring is 2. The topological polar surface area (TPSA) is 117 Å². The Labute approximate surface area is 169 Å². The number of carbonyl (C=O) groups excluding carboxylic acids is 1. The summed E-state index contributed by atoms with van der Waals surface area (Å²) in [6.45, 7) is 0.638. The number of hydrogen-bond donors (Lipinski definition) is 5. The average Bonchev–Trinajstić information content (AvgIpc) is 2.73. The molecule has 3 aromatic rings. The van der Waals surface area contributed by atoms with E-state index in [2.05, 4.69) is 10.6 Å². The molecule has 3 rings (SSSR count). The Hall–Kier alpha value is -4.06. The smallest absolute Gasteiger partial charge is 0.248 e. The second kappa shape index (κ2) is 9.23. The van der Waals surface area contributed by atoms with Crippen LogP contribution in [0.5, 0.6) is 0 Å². The minimum absolute atomic E-state index is 0.0452. The highest BCUT2D eigenvalue weighted by molar-refractivity contribution is 6.03. The summed E-state index contributed by atoms with van der Waals surface area (Å²) in [5, 5.41) is 13.6. The Morgan fingerprint density at radius 3 is 2.48 bits per heavy atom. The molecule has 0 bridgehead atoms. The molecule has 29 heavy (non-hydrogen) atoms. The standard InChI is InChI=1S/C23H23N5O/c24-20-6-1-2-7-21(20)28-22(29)13-12-16-8-10-17(11-9-16)15-27-19-5-3-4-18(14-19)23(25)26/h1-14,27H,15,24H2,(H3,25,26)(H,28,29)/b13-12+. The van der Waals surface area contributed by atoms with Gasteiger partial charge in [0.15, 0.2) is 0 Å². The van der Waals surface area contributed by atoms with Gasteiger partial charge in [-0.1, -0.05) is 48.5 Å². The Balaban J connectivity index is 1.55. The minimum Gasteiger partial charge on any atom is -0.397 e. The Bertz CT molecular complexity index is 1040. The molecule has 6 nitrogen and oxygen atoms in total. The predicted molar refractivity (Wildman–Crippen MR) is 120 cm³/mol. The molecule has 0 saturated heterocycles. The van der Waals surface area contributed by atoms with Crippen molar-refractivity contribution in [2.24, 2.45) is 5.73 Å². The van der Waals surface area contributed by atoms with E-state index >= 15 is 0 Å². The molecular weight excluding hydrogens is 362 g/mol. The van der Waals surface area contributed by atoms with Crippen LogP contribution in [0.15, 0.2) is 78.9 Å². The van der Waals surface area contributed by atoms with Crippen LogP contribution in [0.1, 0.15) is 16.7 Å². The van der Waals surface area contributed by atoms with E-state index in [1.54, 1.807) is 24.3 Å². The number of rotatable bonds is 7. The number of nitrogens with one attached hydrogen (secondary N) is 3. The summed E-state index contributed by atoms with van der Waals surface area (Å²) in [5.74, 6) is -0.192. The highest BCUT2D eigenvalue weighted by Gasteiger charge is 2.02. The molecule has 7 N–H and O–H groups in total. The fraction of sp³-hybridized carbons (Fsp3) is 0.0435. The second-order valence-corrected chi connectivity index (χ2v) is 6.50. The maximum absolute atomic E-state index is 12.1. The molecule has 146 valence electrons. The molecule has 6 heteroatoms. The van der Waals surface area contributed by atoms with Crippen LogP contribution in [0.4, 0.5) is 17.1 Å². The quantitative estimate of drug-likeness (QED) is 0.184. The van der Waals surface area contributed by atoms with E-state index in [1.807, 2.05) is 54.6 Å². The summed E-state index contributed by atoms with van der Waals surface area (Å²) in [5.41, 5.74) is 16.1. The third kappa shape index (κ3) is 5.71. The Kier molecular flexibility index (Phi) is 6.27. The molecular formula is C23H23N5O. The molecule has 0 radical (unpaired) electrons. The van der Waals surface area contributed by atoms with Crippen LogP contribution in [0.2, 0.25) is 0 Å². The maximum atomic E-state index is 12.1. The van der Waals surface area contributed by atoms with E-state index in [4.69, 9.17) is 16.9 Å². The fourth-order valence-corrected chi connectivity index (χ4v) is 2.70. The zero-order chi connectivity index (χ0) is 20.6. The summed E-state index contributed by atoms with van der Waals surface area (Å²) in [6, 6.07) is 22.5. The Morgan fingerprint density at radius 2 is 1.76 bits per heavy atom. The minimum atomic E-state index is -0.237. The lowest BCUT2D eigenvalue weighted by molar-refractivity contribution is -0.111. The SMILES string of the molecule is N=C(N)c1cccc(NCc2ccc(/C=C/C(=O)Nc3ccccc3N)cc2)c1. The number of nitrogens with two attached hydrogens (primary N) is 2. The molecule has 0 atom stereocenters. The van der Waals surface area contributed by atoms with E-state index in [-0.39, 0.29) is 11.7 Å². The summed E-state index contributed by atoms with van der Waals surface area (Å²) in [4.78, 5) is 12.1. The van der Waals surface area contributed by atoms with Crippen molar-refractivity contribution < 1.29 is 4.79 Å². The van der Waals surface area contributed by atoms with Gasteiger partial charge in [-0.3, -0.25) is 10.2 Å². The van der Waals surface area contributed by atoms with E-state index in [0.29, 0.717) is 23.5 Å². The van der Waals surface area contributed by atoms with E-state index in [1.165, 1.54) is 6.08 Å². The van der Waals surface area contributed by atoms with Gasteiger partial charge in [0.2, 0.25) is 5.91 Å². The van der Waals surface area contributed by atoms with Crippen molar-refractivity contribution in [3.8, 4) is 0 Å². The maximum Gasteiger partial charge on any atom is 0.248 e. The average molecular weight is 385 g/mol. The van der Waals surface area contributed by atoms with Gasteiger partial charge in [0.05, 0.1) is 11.4 Å². The Morgan fingerprint density at radius 1 is 1.00 bits per heavy atom. The van der Waals surface area contributed by atoms with Gasteiger partial charge in [0.25, 0.3) is 0 Å². The number of benzene rings is 3. The highest BCUT2D eigenvalue weighted by Crippen LogP contribution is 2.17. The largest absolute Gasteiger partial charge is 0.397 e. The van der Waals surface area contributed by atoms with Crippen LogP contribution in [0.3, 0.4) is 0 Å². The van der Waals surface area contributed by atoms with Gasteiger partial charge < -0.3 is 22.1 Å². The van der Waals surface area contributed by atoms with Gasteiger partial charge in [-0.25, -0.2) is 0 Å². The molecule has 0 spiro atoms. The number of hydrogen-bond acceptors (Lipinski definition) is 4. The fourth-order valence-electron chi connectivity index (χ4n) is 2.70. The van der Waals surface area contributed by atoms with Crippen LogP contribution < -0.4 is 22.1 Å². The molecule has 0 aliphatic heterocycles. The predicted octanol–water partition coefficient (Wildman–Crippen LogP) is 3.82. The molecule has 0 saturated carbocycles. The molecule has 0 unspecified atom stereocenters. The lowest BCUT2D eigenvalue weighted by atomic mass is 10.1. The van der Waals surface area contributed by atoms with Crippen molar-refractivity contribution in [1.29, 1.82) is 5.41 Å². The van der Waals surface area contributed by atoms with E-state index < -0.39 is 0 Å².